The molecule has 1 saturated heterocycles. The first kappa shape index (κ1) is 21.6. The normalized spacial score (nSPS) is 15.4. The molecule has 0 spiro atoms. The molecule has 3 aromatic rings. The molecule has 0 saturated carbocycles. The van der Waals surface area contributed by atoms with E-state index in [2.05, 4.69) is 10.6 Å². The van der Waals surface area contributed by atoms with Gasteiger partial charge in [0.25, 0.3) is 0 Å². The molecule has 1 aliphatic heterocycles. The Morgan fingerprint density at radius 3 is 2.50 bits per heavy atom. The van der Waals surface area contributed by atoms with Gasteiger partial charge in [0, 0.05) is 30.1 Å². The van der Waals surface area contributed by atoms with Crippen LogP contribution in [0.25, 0.3) is 10.4 Å². The molecule has 2 heterocycles. The molecule has 1 aliphatic rings. The van der Waals surface area contributed by atoms with E-state index < -0.39 is 12.2 Å². The van der Waals surface area contributed by atoms with Crippen molar-refractivity contribution in [1.29, 1.82) is 0 Å². The molecular weight excluding hydrogens is 426 g/mol. The number of ketones is 1. The minimum absolute atomic E-state index is 0.0828. The Morgan fingerprint density at radius 1 is 1.12 bits per heavy atom. The van der Waals surface area contributed by atoms with Crippen molar-refractivity contribution >= 4 is 40.5 Å². The average Bonchev–Trinajstić information content (AvgIpc) is 3.41. The zero-order valence-electron chi connectivity index (χ0n) is 17.8. The Morgan fingerprint density at radius 2 is 1.84 bits per heavy atom. The Hall–Kier alpha value is -3.65. The van der Waals surface area contributed by atoms with E-state index in [-0.39, 0.29) is 18.2 Å². The summed E-state index contributed by atoms with van der Waals surface area (Å²) in [5.41, 5.74) is 3.02. The summed E-state index contributed by atoms with van der Waals surface area (Å²) in [5.74, 6) is -0.257. The van der Waals surface area contributed by atoms with E-state index in [9.17, 15) is 14.4 Å². The van der Waals surface area contributed by atoms with Gasteiger partial charge < -0.3 is 15.4 Å². The van der Waals surface area contributed by atoms with Gasteiger partial charge in [0.1, 0.15) is 6.10 Å². The maximum absolute atomic E-state index is 13.2. The van der Waals surface area contributed by atoms with Crippen LogP contribution < -0.4 is 15.5 Å². The van der Waals surface area contributed by atoms with Crippen LogP contribution in [-0.2, 0) is 9.53 Å². The highest BCUT2D eigenvalue weighted by molar-refractivity contribution is 7.18. The summed E-state index contributed by atoms with van der Waals surface area (Å²) in [4.78, 5) is 39.6. The fraction of sp³-hybridized carbons (Fsp3) is 0.208. The molecule has 2 aromatic carbocycles. The lowest BCUT2D eigenvalue weighted by molar-refractivity contribution is -0.119. The van der Waals surface area contributed by atoms with Crippen molar-refractivity contribution < 1.29 is 19.1 Å². The van der Waals surface area contributed by atoms with Gasteiger partial charge in [0.05, 0.1) is 23.7 Å². The molecule has 8 heteroatoms. The second-order valence-electron chi connectivity index (χ2n) is 7.40. The van der Waals surface area contributed by atoms with E-state index in [0.717, 1.165) is 16.1 Å². The zero-order chi connectivity index (χ0) is 22.7. The topological polar surface area (TPSA) is 87.7 Å². The van der Waals surface area contributed by atoms with Crippen molar-refractivity contribution in [2.45, 2.75) is 13.0 Å². The molecule has 0 radical (unpaired) electrons. The Labute approximate surface area is 190 Å². The molecular formula is C24H23N3O4S. The molecule has 164 valence electrons. The van der Waals surface area contributed by atoms with Gasteiger partial charge >= 0.3 is 6.09 Å². The molecule has 0 aliphatic carbocycles. The van der Waals surface area contributed by atoms with Gasteiger partial charge in [-0.3, -0.25) is 14.5 Å². The molecule has 1 fully saturated rings. The van der Waals surface area contributed by atoms with Crippen molar-refractivity contribution in [3.05, 3.63) is 71.1 Å². The van der Waals surface area contributed by atoms with Crippen LogP contribution in [0.3, 0.4) is 0 Å². The van der Waals surface area contributed by atoms with Crippen LogP contribution in [0.15, 0.2) is 60.7 Å². The minimum atomic E-state index is -0.470. The van der Waals surface area contributed by atoms with Crippen molar-refractivity contribution in [3.63, 3.8) is 0 Å². The quantitative estimate of drug-likeness (QED) is 0.529. The first-order chi connectivity index (χ1) is 15.5. The molecule has 32 heavy (non-hydrogen) atoms. The lowest BCUT2D eigenvalue weighted by atomic mass is 10.1. The highest BCUT2D eigenvalue weighted by atomic mass is 32.1. The number of nitrogens with one attached hydrogen (secondary N) is 2. The molecule has 0 unspecified atom stereocenters. The number of rotatable bonds is 7. The summed E-state index contributed by atoms with van der Waals surface area (Å²) in [6, 6.07) is 18.8. The highest BCUT2D eigenvalue weighted by Gasteiger charge is 2.32. The molecule has 4 rings (SSSR count). The Kier molecular flexibility index (Phi) is 6.23. The van der Waals surface area contributed by atoms with E-state index >= 15 is 0 Å². The van der Waals surface area contributed by atoms with E-state index in [0.29, 0.717) is 22.7 Å². The monoisotopic (exact) mass is 449 g/mol. The lowest BCUT2D eigenvalue weighted by Crippen LogP contribution is -2.33. The number of amides is 2. The first-order valence-corrected chi connectivity index (χ1v) is 11.0. The number of cyclic esters (lactones) is 1. The van der Waals surface area contributed by atoms with Crippen LogP contribution in [0.2, 0.25) is 0 Å². The number of thiophene rings is 1. The third-order valence-corrected chi connectivity index (χ3v) is 6.34. The molecule has 7 nitrogen and oxygen atoms in total. The largest absolute Gasteiger partial charge is 0.442 e. The molecule has 2 amide bonds. The zero-order valence-corrected chi connectivity index (χ0v) is 18.6. The van der Waals surface area contributed by atoms with Gasteiger partial charge in [-0.1, -0.05) is 30.3 Å². The van der Waals surface area contributed by atoms with Crippen LogP contribution in [-0.4, -0.2) is 44.0 Å². The number of anilines is 2. The number of hydrogen-bond donors (Lipinski definition) is 2. The third kappa shape index (κ3) is 4.50. The summed E-state index contributed by atoms with van der Waals surface area (Å²) in [6.07, 6.45) is -0.879. The average molecular weight is 450 g/mol. The summed E-state index contributed by atoms with van der Waals surface area (Å²) in [6.45, 7) is 2.02. The Balaban J connectivity index is 1.51. The standard InChI is InChI=1S/C24H23N3O4S/c1-15(28)26-13-19-14-27(24(30)31-19)18-10-8-17(9-11-18)22(29)23-20(25-2)12-21(32-23)16-6-4-3-5-7-16/h3-12,19,25H,13-14H2,1-2H3,(H,26,28)/t19-/m0/s1. The number of carbonyl (C=O) groups excluding carboxylic acids is 3. The van der Waals surface area contributed by atoms with Gasteiger partial charge in [0.15, 0.2) is 0 Å². The minimum Gasteiger partial charge on any atom is -0.442 e. The summed E-state index contributed by atoms with van der Waals surface area (Å²) in [5, 5.41) is 5.77. The van der Waals surface area contributed by atoms with Crippen LogP contribution in [0.1, 0.15) is 22.2 Å². The number of hydrogen-bond acceptors (Lipinski definition) is 6. The van der Waals surface area contributed by atoms with E-state index in [4.69, 9.17) is 4.74 Å². The predicted octanol–water partition coefficient (Wildman–Crippen LogP) is 4.15. The first-order valence-electron chi connectivity index (χ1n) is 10.2. The maximum Gasteiger partial charge on any atom is 0.414 e. The predicted molar refractivity (Wildman–Crippen MR) is 125 cm³/mol. The van der Waals surface area contributed by atoms with Crippen LogP contribution in [0.4, 0.5) is 16.2 Å². The van der Waals surface area contributed by atoms with Gasteiger partial charge in [-0.25, -0.2) is 4.79 Å². The third-order valence-electron chi connectivity index (χ3n) is 5.16. The van der Waals surface area contributed by atoms with Gasteiger partial charge in [0.2, 0.25) is 11.7 Å². The van der Waals surface area contributed by atoms with Crippen LogP contribution in [0.5, 0.6) is 0 Å². The smallest absolute Gasteiger partial charge is 0.414 e. The van der Waals surface area contributed by atoms with Crippen LogP contribution >= 0.6 is 11.3 Å². The fourth-order valence-electron chi connectivity index (χ4n) is 3.51. The van der Waals surface area contributed by atoms with Gasteiger partial charge in [-0.2, -0.15) is 0 Å². The van der Waals surface area contributed by atoms with Crippen molar-refractivity contribution in [2.24, 2.45) is 0 Å². The van der Waals surface area contributed by atoms with Crippen LogP contribution in [0, 0.1) is 0 Å². The molecule has 1 aromatic heterocycles. The second-order valence-corrected chi connectivity index (χ2v) is 8.45. The molecule has 1 atom stereocenters. The van der Waals surface area contributed by atoms with E-state index in [1.807, 2.05) is 36.4 Å². The SMILES string of the molecule is CNc1cc(-c2ccccc2)sc1C(=O)c1ccc(N2C[C@H](CNC(C)=O)OC2=O)cc1. The Bertz CT molecular complexity index is 1140. The molecule has 0 bridgehead atoms. The lowest BCUT2D eigenvalue weighted by Gasteiger charge is -2.13. The van der Waals surface area contributed by atoms with Crippen molar-refractivity contribution in [2.75, 3.05) is 30.4 Å². The molecule has 2 N–H and O–H groups in total. The number of nitrogens with zero attached hydrogens (tertiary/aromatic N) is 1. The summed E-state index contributed by atoms with van der Waals surface area (Å²) in [7, 11) is 1.80. The highest BCUT2D eigenvalue weighted by Crippen LogP contribution is 2.36. The fourth-order valence-corrected chi connectivity index (χ4v) is 4.64. The van der Waals surface area contributed by atoms with E-state index in [1.54, 1.807) is 31.3 Å². The van der Waals surface area contributed by atoms with Gasteiger partial charge in [-0.05, 0) is 35.9 Å². The van der Waals surface area contributed by atoms with E-state index in [1.165, 1.54) is 23.2 Å². The second kappa shape index (κ2) is 9.23. The number of ether oxygens (including phenoxy) is 1. The summed E-state index contributed by atoms with van der Waals surface area (Å²) >= 11 is 1.45. The van der Waals surface area contributed by atoms with Crippen molar-refractivity contribution in [1.82, 2.24) is 5.32 Å². The van der Waals surface area contributed by atoms with Gasteiger partial charge in [-0.15, -0.1) is 11.3 Å². The number of carbonyl (C=O) groups is 3. The van der Waals surface area contributed by atoms with Crippen molar-refractivity contribution in [3.8, 4) is 10.4 Å². The summed E-state index contributed by atoms with van der Waals surface area (Å²) < 4.78 is 5.30. The maximum atomic E-state index is 13.2. The number of benzene rings is 2.